The minimum atomic E-state index is 1.23. The summed E-state index contributed by atoms with van der Waals surface area (Å²) in [6, 6.07) is 0. The van der Waals surface area contributed by atoms with Crippen LogP contribution in [0, 0.1) is 0 Å². The average molecular weight is 246 g/mol. The molecule has 3 rings (SSSR count). The summed E-state index contributed by atoms with van der Waals surface area (Å²) in [4.78, 5) is 0. The van der Waals surface area contributed by atoms with Gasteiger partial charge in [0.2, 0.25) is 0 Å². The van der Waals surface area contributed by atoms with Crippen molar-refractivity contribution in [3.05, 3.63) is 36.5 Å². The highest BCUT2D eigenvalue weighted by molar-refractivity contribution is 5.07. The Hall–Kier alpha value is -0.780. The normalized spacial score (nSPS) is 21.3. The lowest BCUT2D eigenvalue weighted by atomic mass is 10.0. The Labute approximate surface area is 114 Å². The van der Waals surface area contributed by atoms with Gasteiger partial charge in [-0.1, -0.05) is 75.0 Å². The van der Waals surface area contributed by atoms with Crippen molar-refractivity contribution in [3.8, 4) is 0 Å². The summed E-state index contributed by atoms with van der Waals surface area (Å²) in [5.41, 5.74) is 0. The Bertz CT molecular complexity index is 209. The maximum absolute atomic E-state index is 2.27. The van der Waals surface area contributed by atoms with E-state index in [1.54, 1.807) is 0 Å². The van der Waals surface area contributed by atoms with Gasteiger partial charge in [0.1, 0.15) is 0 Å². The van der Waals surface area contributed by atoms with Gasteiger partial charge in [0.05, 0.1) is 0 Å². The van der Waals surface area contributed by atoms with Gasteiger partial charge in [-0.15, -0.1) is 0 Å². The van der Waals surface area contributed by atoms with Crippen LogP contribution in [-0.2, 0) is 0 Å². The predicted octanol–water partition coefficient (Wildman–Crippen LogP) is 6.35. The van der Waals surface area contributed by atoms with Crippen LogP contribution < -0.4 is 0 Å². The topological polar surface area (TPSA) is 0 Å². The summed E-state index contributed by atoms with van der Waals surface area (Å²) in [5, 5.41) is 0. The first kappa shape index (κ1) is 15.3. The lowest BCUT2D eigenvalue weighted by Gasteiger charge is -2.05. The third-order valence-corrected chi connectivity index (χ3v) is 3.54. The maximum Gasteiger partial charge on any atom is -0.0313 e. The van der Waals surface area contributed by atoms with Gasteiger partial charge in [-0.3, -0.25) is 0 Å². The average Bonchev–Trinajstić information content (AvgIpc) is 2.54. The summed E-state index contributed by atoms with van der Waals surface area (Å²) >= 11 is 0. The van der Waals surface area contributed by atoms with Crippen molar-refractivity contribution in [2.45, 2.75) is 77.0 Å². The summed E-state index contributed by atoms with van der Waals surface area (Å²) in [6.07, 6.45) is 30.0. The molecule has 0 aromatic heterocycles. The van der Waals surface area contributed by atoms with E-state index in [2.05, 4.69) is 36.5 Å². The molecule has 3 aliphatic carbocycles. The second kappa shape index (κ2) is 12.7. The van der Waals surface area contributed by atoms with Crippen molar-refractivity contribution in [2.75, 3.05) is 0 Å². The molecule has 102 valence electrons. The van der Waals surface area contributed by atoms with Crippen molar-refractivity contribution < 1.29 is 0 Å². The van der Waals surface area contributed by atoms with Gasteiger partial charge in [0.15, 0.2) is 0 Å². The van der Waals surface area contributed by atoms with Crippen molar-refractivity contribution in [3.63, 3.8) is 0 Å². The van der Waals surface area contributed by atoms with E-state index in [1.165, 1.54) is 77.0 Å². The molecule has 0 heteroatoms. The minimum Gasteiger partial charge on any atom is -0.0885 e. The van der Waals surface area contributed by atoms with Crippen LogP contribution in [0.15, 0.2) is 36.5 Å². The van der Waals surface area contributed by atoms with E-state index in [1.807, 2.05) is 0 Å². The van der Waals surface area contributed by atoms with E-state index in [0.29, 0.717) is 0 Å². The molecule has 0 saturated heterocycles. The molecule has 0 amide bonds. The second-order valence-corrected chi connectivity index (χ2v) is 5.31. The Morgan fingerprint density at radius 1 is 0.333 bits per heavy atom. The zero-order chi connectivity index (χ0) is 12.7. The molecule has 0 aliphatic heterocycles. The van der Waals surface area contributed by atoms with Gasteiger partial charge < -0.3 is 0 Å². The Morgan fingerprint density at radius 2 is 0.722 bits per heavy atom. The molecule has 0 aromatic carbocycles. The van der Waals surface area contributed by atoms with Crippen LogP contribution in [0.1, 0.15) is 77.0 Å². The van der Waals surface area contributed by atoms with E-state index >= 15 is 0 Å². The fourth-order valence-corrected chi connectivity index (χ4v) is 2.36. The van der Waals surface area contributed by atoms with Crippen molar-refractivity contribution in [2.24, 2.45) is 0 Å². The van der Waals surface area contributed by atoms with E-state index in [4.69, 9.17) is 0 Å². The lowest BCUT2D eigenvalue weighted by Crippen LogP contribution is -1.85. The molecular formula is C18H30. The molecule has 0 aromatic rings. The summed E-state index contributed by atoms with van der Waals surface area (Å²) in [6.45, 7) is 0. The van der Waals surface area contributed by atoms with E-state index in [-0.39, 0.29) is 0 Å². The number of allylic oxidation sites excluding steroid dienone is 6. The fraction of sp³-hybridized carbons (Fsp3) is 0.667. The van der Waals surface area contributed by atoms with Crippen LogP contribution in [0.3, 0.4) is 0 Å². The molecule has 0 heterocycles. The fourth-order valence-electron chi connectivity index (χ4n) is 2.36. The van der Waals surface area contributed by atoms with Gasteiger partial charge in [-0.25, -0.2) is 0 Å². The first-order valence-electron chi connectivity index (χ1n) is 7.97. The minimum absolute atomic E-state index is 1.23. The maximum atomic E-state index is 2.27. The quantitative estimate of drug-likeness (QED) is 0.437. The number of hydrogen-bond donors (Lipinski definition) is 0. The van der Waals surface area contributed by atoms with Crippen LogP contribution in [0.25, 0.3) is 0 Å². The van der Waals surface area contributed by atoms with E-state index in [0.717, 1.165) is 0 Å². The molecule has 0 unspecified atom stereocenters. The molecule has 3 aliphatic rings. The van der Waals surface area contributed by atoms with E-state index < -0.39 is 0 Å². The molecule has 1 fully saturated rings. The van der Waals surface area contributed by atoms with Gasteiger partial charge in [-0.05, 0) is 38.5 Å². The summed E-state index contributed by atoms with van der Waals surface area (Å²) < 4.78 is 0. The molecule has 0 atom stereocenters. The zero-order valence-electron chi connectivity index (χ0n) is 11.9. The Balaban J connectivity index is 0.000000135. The molecular weight excluding hydrogens is 216 g/mol. The first-order chi connectivity index (χ1) is 9.00. The molecule has 0 N–H and O–H groups in total. The van der Waals surface area contributed by atoms with Crippen molar-refractivity contribution in [1.82, 2.24) is 0 Å². The van der Waals surface area contributed by atoms with Gasteiger partial charge in [0, 0.05) is 0 Å². The largest absolute Gasteiger partial charge is 0.0885 e. The molecule has 18 heavy (non-hydrogen) atoms. The number of hydrogen-bond acceptors (Lipinski definition) is 0. The molecule has 0 nitrogen and oxygen atoms in total. The van der Waals surface area contributed by atoms with Crippen LogP contribution in [0.5, 0.6) is 0 Å². The standard InChI is InChI=1S/C6H12.C6H10.C6H8/c3*1-2-4-6-5-3-1/h1-6H2;1-2H,3-6H2;1-4H,5-6H2. The number of rotatable bonds is 0. The van der Waals surface area contributed by atoms with Gasteiger partial charge >= 0.3 is 0 Å². The highest BCUT2D eigenvalue weighted by Gasteiger charge is 1.95. The third kappa shape index (κ3) is 10.4. The Morgan fingerprint density at radius 3 is 0.889 bits per heavy atom. The molecule has 0 spiro atoms. The van der Waals surface area contributed by atoms with Crippen LogP contribution >= 0.6 is 0 Å². The van der Waals surface area contributed by atoms with Crippen molar-refractivity contribution >= 4 is 0 Å². The third-order valence-electron chi connectivity index (χ3n) is 3.54. The van der Waals surface area contributed by atoms with Gasteiger partial charge in [0.25, 0.3) is 0 Å². The Kier molecular flexibility index (Phi) is 10.8. The lowest BCUT2D eigenvalue weighted by molar-refractivity contribution is 0.504. The highest BCUT2D eigenvalue weighted by Crippen LogP contribution is 2.15. The SMILES string of the molecule is C1=CCCC=C1.C1=CCCCC1.C1CCCCC1. The summed E-state index contributed by atoms with van der Waals surface area (Å²) in [5.74, 6) is 0. The highest BCUT2D eigenvalue weighted by atomic mass is 14.0. The van der Waals surface area contributed by atoms with Crippen LogP contribution in [0.2, 0.25) is 0 Å². The second-order valence-electron chi connectivity index (χ2n) is 5.31. The molecule has 0 radical (unpaired) electrons. The van der Waals surface area contributed by atoms with E-state index in [9.17, 15) is 0 Å². The monoisotopic (exact) mass is 246 g/mol. The predicted molar refractivity (Wildman–Crippen MR) is 82.8 cm³/mol. The first-order valence-corrected chi connectivity index (χ1v) is 7.97. The van der Waals surface area contributed by atoms with Gasteiger partial charge in [-0.2, -0.15) is 0 Å². The summed E-state index contributed by atoms with van der Waals surface area (Å²) in [7, 11) is 0. The zero-order valence-corrected chi connectivity index (χ0v) is 11.9. The molecule has 1 saturated carbocycles. The van der Waals surface area contributed by atoms with Crippen molar-refractivity contribution in [1.29, 1.82) is 0 Å². The van der Waals surface area contributed by atoms with Crippen LogP contribution in [-0.4, -0.2) is 0 Å². The van der Waals surface area contributed by atoms with Crippen LogP contribution in [0.4, 0.5) is 0 Å². The smallest absolute Gasteiger partial charge is 0.0313 e. The molecule has 0 bridgehead atoms.